The molecule has 3 nitrogen and oxygen atoms in total. The Hall–Kier alpha value is -1.13. The van der Waals surface area contributed by atoms with Gasteiger partial charge in [0.2, 0.25) is 0 Å². The minimum atomic E-state index is -0.162. The maximum absolute atomic E-state index is 14.0. The van der Waals surface area contributed by atoms with E-state index in [1.807, 2.05) is 6.07 Å². The number of aliphatic hydroxyl groups excluding tert-OH is 1. The zero-order chi connectivity index (χ0) is 13.7. The lowest BCUT2D eigenvalue weighted by Gasteiger charge is -2.26. The van der Waals surface area contributed by atoms with E-state index >= 15 is 0 Å². The van der Waals surface area contributed by atoms with Crippen molar-refractivity contribution in [1.29, 1.82) is 0 Å². The summed E-state index contributed by atoms with van der Waals surface area (Å²) >= 11 is 0. The molecule has 0 atom stereocenters. The van der Waals surface area contributed by atoms with Crippen LogP contribution >= 0.6 is 0 Å². The average Bonchev–Trinajstić information content (AvgIpc) is 3.22. The second-order valence-corrected chi connectivity index (χ2v) is 5.06. The van der Waals surface area contributed by atoms with Gasteiger partial charge >= 0.3 is 0 Å². The van der Waals surface area contributed by atoms with Crippen LogP contribution in [0.1, 0.15) is 31.7 Å². The Kier molecular flexibility index (Phi) is 5.16. The molecule has 0 amide bonds. The molecule has 1 saturated carbocycles. The van der Waals surface area contributed by atoms with Gasteiger partial charge in [0, 0.05) is 30.4 Å². The van der Waals surface area contributed by atoms with Crippen molar-refractivity contribution in [3.63, 3.8) is 0 Å². The molecule has 1 aliphatic rings. The lowest BCUT2D eigenvalue weighted by molar-refractivity contribution is 0.301. The second-order valence-electron chi connectivity index (χ2n) is 5.06. The summed E-state index contributed by atoms with van der Waals surface area (Å²) in [6.07, 6.45) is 3.31. The van der Waals surface area contributed by atoms with Crippen molar-refractivity contribution in [2.24, 2.45) is 0 Å². The van der Waals surface area contributed by atoms with Gasteiger partial charge in [0.15, 0.2) is 0 Å². The second kappa shape index (κ2) is 6.87. The van der Waals surface area contributed by atoms with Crippen LogP contribution in [0, 0.1) is 5.82 Å². The molecule has 0 spiro atoms. The monoisotopic (exact) mass is 266 g/mol. The van der Waals surface area contributed by atoms with Crippen molar-refractivity contribution >= 4 is 5.69 Å². The van der Waals surface area contributed by atoms with Crippen LogP contribution < -0.4 is 10.2 Å². The predicted molar refractivity (Wildman–Crippen MR) is 75.9 cm³/mol. The van der Waals surface area contributed by atoms with E-state index in [9.17, 15) is 9.50 Å². The molecule has 0 heterocycles. The number of aliphatic hydroxyl groups is 1. The first kappa shape index (κ1) is 14.3. The Morgan fingerprint density at radius 1 is 1.42 bits per heavy atom. The van der Waals surface area contributed by atoms with Gasteiger partial charge in [-0.15, -0.1) is 0 Å². The van der Waals surface area contributed by atoms with Crippen LogP contribution in [0.15, 0.2) is 18.2 Å². The Labute approximate surface area is 114 Å². The van der Waals surface area contributed by atoms with Gasteiger partial charge < -0.3 is 15.3 Å². The Morgan fingerprint density at radius 3 is 2.84 bits per heavy atom. The van der Waals surface area contributed by atoms with E-state index < -0.39 is 0 Å². The molecule has 1 fully saturated rings. The molecular weight excluding hydrogens is 243 g/mol. The van der Waals surface area contributed by atoms with Gasteiger partial charge in [0.25, 0.3) is 0 Å². The zero-order valence-corrected chi connectivity index (χ0v) is 11.5. The third-order valence-corrected chi connectivity index (χ3v) is 3.46. The summed E-state index contributed by atoms with van der Waals surface area (Å²) in [6, 6.07) is 5.69. The van der Waals surface area contributed by atoms with Gasteiger partial charge in [-0.05, 0) is 37.9 Å². The molecule has 0 bridgehead atoms. The molecule has 4 heteroatoms. The van der Waals surface area contributed by atoms with E-state index in [0.717, 1.165) is 37.1 Å². The molecule has 0 radical (unpaired) electrons. The van der Waals surface area contributed by atoms with Crippen molar-refractivity contribution in [2.75, 3.05) is 24.6 Å². The van der Waals surface area contributed by atoms with Crippen molar-refractivity contribution < 1.29 is 9.50 Å². The first-order valence-electron chi connectivity index (χ1n) is 7.13. The van der Waals surface area contributed by atoms with Crippen molar-refractivity contribution in [3.8, 4) is 0 Å². The maximum Gasteiger partial charge on any atom is 0.129 e. The SMILES string of the molecule is CCCNCc1c(F)cccc1N(CCO)C1CC1. The molecule has 2 rings (SSSR count). The lowest BCUT2D eigenvalue weighted by atomic mass is 10.1. The van der Waals surface area contributed by atoms with Crippen LogP contribution in [-0.2, 0) is 6.54 Å². The Bertz CT molecular complexity index is 407. The van der Waals surface area contributed by atoms with E-state index in [-0.39, 0.29) is 12.4 Å². The first-order chi connectivity index (χ1) is 9.27. The highest BCUT2D eigenvalue weighted by molar-refractivity contribution is 5.56. The number of halogens is 1. The molecule has 0 aliphatic heterocycles. The van der Waals surface area contributed by atoms with Crippen LogP contribution in [0.25, 0.3) is 0 Å². The van der Waals surface area contributed by atoms with E-state index in [1.165, 1.54) is 6.07 Å². The number of nitrogens with one attached hydrogen (secondary N) is 1. The Balaban J connectivity index is 2.19. The zero-order valence-electron chi connectivity index (χ0n) is 11.5. The fourth-order valence-corrected chi connectivity index (χ4v) is 2.38. The van der Waals surface area contributed by atoms with Crippen LogP contribution in [0.3, 0.4) is 0 Å². The molecule has 0 unspecified atom stereocenters. The molecule has 0 saturated heterocycles. The predicted octanol–water partition coefficient (Wildman–Crippen LogP) is 2.29. The summed E-state index contributed by atoms with van der Waals surface area (Å²) in [5, 5.41) is 12.5. The molecule has 2 N–H and O–H groups in total. The van der Waals surface area contributed by atoms with Crippen LogP contribution in [0.5, 0.6) is 0 Å². The van der Waals surface area contributed by atoms with Crippen molar-refractivity contribution in [1.82, 2.24) is 5.32 Å². The number of hydrogen-bond donors (Lipinski definition) is 2. The number of anilines is 1. The third-order valence-electron chi connectivity index (χ3n) is 3.46. The molecule has 1 aliphatic carbocycles. The normalized spacial score (nSPS) is 14.7. The van der Waals surface area contributed by atoms with Crippen molar-refractivity contribution in [3.05, 3.63) is 29.6 Å². The van der Waals surface area contributed by atoms with Crippen LogP contribution in [0.4, 0.5) is 10.1 Å². The summed E-state index contributed by atoms with van der Waals surface area (Å²) in [4.78, 5) is 2.14. The van der Waals surface area contributed by atoms with Gasteiger partial charge in [-0.1, -0.05) is 13.0 Å². The third kappa shape index (κ3) is 3.67. The Morgan fingerprint density at radius 2 is 2.21 bits per heavy atom. The molecule has 1 aromatic rings. The first-order valence-corrected chi connectivity index (χ1v) is 7.13. The summed E-state index contributed by atoms with van der Waals surface area (Å²) in [5.41, 5.74) is 1.65. The van der Waals surface area contributed by atoms with E-state index in [0.29, 0.717) is 19.1 Å². The summed E-state index contributed by atoms with van der Waals surface area (Å²) in [6.45, 7) is 4.21. The summed E-state index contributed by atoms with van der Waals surface area (Å²) in [7, 11) is 0. The molecule has 106 valence electrons. The van der Waals surface area contributed by atoms with Gasteiger partial charge in [-0.2, -0.15) is 0 Å². The van der Waals surface area contributed by atoms with Gasteiger partial charge in [-0.25, -0.2) is 4.39 Å². The smallest absolute Gasteiger partial charge is 0.129 e. The quantitative estimate of drug-likeness (QED) is 0.709. The van der Waals surface area contributed by atoms with Gasteiger partial charge in [-0.3, -0.25) is 0 Å². The van der Waals surface area contributed by atoms with E-state index in [2.05, 4.69) is 17.1 Å². The lowest BCUT2D eigenvalue weighted by Crippen LogP contribution is -2.31. The summed E-state index contributed by atoms with van der Waals surface area (Å²) in [5.74, 6) is -0.162. The van der Waals surface area contributed by atoms with E-state index in [4.69, 9.17) is 0 Å². The minimum absolute atomic E-state index is 0.106. The standard InChI is InChI=1S/C15H23FN2O/c1-2-8-17-11-13-14(16)4-3-5-15(13)18(9-10-19)12-6-7-12/h3-5,12,17,19H,2,6-11H2,1H3. The largest absolute Gasteiger partial charge is 0.395 e. The number of nitrogens with zero attached hydrogens (tertiary/aromatic N) is 1. The fourth-order valence-electron chi connectivity index (χ4n) is 2.38. The fraction of sp³-hybridized carbons (Fsp3) is 0.600. The number of benzene rings is 1. The molecule has 19 heavy (non-hydrogen) atoms. The van der Waals surface area contributed by atoms with Crippen LogP contribution in [-0.4, -0.2) is 30.8 Å². The average molecular weight is 266 g/mol. The number of rotatable bonds is 8. The highest BCUT2D eigenvalue weighted by atomic mass is 19.1. The summed E-state index contributed by atoms with van der Waals surface area (Å²) < 4.78 is 14.0. The highest BCUT2D eigenvalue weighted by Crippen LogP contribution is 2.34. The highest BCUT2D eigenvalue weighted by Gasteiger charge is 2.30. The molecular formula is C15H23FN2O. The number of hydrogen-bond acceptors (Lipinski definition) is 3. The minimum Gasteiger partial charge on any atom is -0.395 e. The van der Waals surface area contributed by atoms with Gasteiger partial charge in [0.1, 0.15) is 5.82 Å². The maximum atomic E-state index is 14.0. The van der Waals surface area contributed by atoms with Crippen molar-refractivity contribution in [2.45, 2.75) is 38.8 Å². The van der Waals surface area contributed by atoms with E-state index in [1.54, 1.807) is 6.07 Å². The van der Waals surface area contributed by atoms with Gasteiger partial charge in [0.05, 0.1) is 6.61 Å². The van der Waals surface area contributed by atoms with Crippen LogP contribution in [0.2, 0.25) is 0 Å². The molecule has 1 aromatic carbocycles. The molecule has 0 aromatic heterocycles. The topological polar surface area (TPSA) is 35.5 Å².